The minimum atomic E-state index is 0. The number of fused-ring (bicyclic) bond motifs is 3. The molecule has 0 aliphatic heterocycles. The Kier molecular flexibility index (Phi) is 13.1. The van der Waals surface area contributed by atoms with Crippen molar-refractivity contribution < 1.29 is 49.0 Å². The van der Waals surface area contributed by atoms with E-state index in [4.69, 9.17) is 0 Å². The van der Waals surface area contributed by atoms with E-state index >= 15 is 0 Å². The van der Waals surface area contributed by atoms with E-state index in [0.717, 1.165) is 6.42 Å². The van der Waals surface area contributed by atoms with Crippen molar-refractivity contribution in [3.63, 3.8) is 0 Å². The molecule has 4 aromatic rings. The number of benzene rings is 3. The van der Waals surface area contributed by atoms with Gasteiger partial charge in [0.25, 0.3) is 0 Å². The molecule has 1 aliphatic carbocycles. The fourth-order valence-corrected chi connectivity index (χ4v) is 4.50. The number of allylic oxidation sites excluding steroid dienone is 4. The van der Waals surface area contributed by atoms with E-state index in [1.807, 2.05) is 12.2 Å². The van der Waals surface area contributed by atoms with Crippen LogP contribution in [-0.2, 0) is 35.1 Å². The van der Waals surface area contributed by atoms with E-state index in [-0.39, 0.29) is 35.6 Å². The quantitative estimate of drug-likeness (QED) is 0.291. The van der Waals surface area contributed by atoms with Gasteiger partial charge in [0.15, 0.2) is 0 Å². The summed E-state index contributed by atoms with van der Waals surface area (Å²) in [6.45, 7) is 15.7. The predicted octanol–water partition coefficient (Wildman–Crippen LogP) is 3.31. The van der Waals surface area contributed by atoms with Crippen molar-refractivity contribution >= 4 is 25.3 Å². The molecular formula is C34H38Cl2Zr-2. The van der Waals surface area contributed by atoms with E-state index in [0.29, 0.717) is 0 Å². The fourth-order valence-electron chi connectivity index (χ4n) is 4.06. The van der Waals surface area contributed by atoms with Crippen LogP contribution in [0.25, 0.3) is 21.5 Å². The summed E-state index contributed by atoms with van der Waals surface area (Å²) in [5, 5.41) is 5.48. The van der Waals surface area contributed by atoms with Crippen molar-refractivity contribution in [1.82, 2.24) is 0 Å². The molecule has 0 unspecified atom stereocenters. The van der Waals surface area contributed by atoms with Gasteiger partial charge in [-0.15, -0.1) is 46.2 Å². The van der Waals surface area contributed by atoms with Gasteiger partial charge in [-0.25, -0.2) is 12.2 Å². The minimum absolute atomic E-state index is 0. The third kappa shape index (κ3) is 9.55. The normalized spacial score (nSPS) is 12.1. The summed E-state index contributed by atoms with van der Waals surface area (Å²) >= 11 is 1.47. The average molecular weight is 609 g/mol. The molecule has 3 heteroatoms. The van der Waals surface area contributed by atoms with E-state index in [9.17, 15) is 0 Å². The second-order valence-electron chi connectivity index (χ2n) is 11.3. The molecule has 0 nitrogen and oxygen atoms in total. The molecule has 0 spiro atoms. The zero-order chi connectivity index (χ0) is 25.6. The number of rotatable bonds is 1. The van der Waals surface area contributed by atoms with Gasteiger partial charge >= 0.3 is 70.3 Å². The summed E-state index contributed by atoms with van der Waals surface area (Å²) in [6.07, 6.45) is 10.0. The van der Waals surface area contributed by atoms with Gasteiger partial charge in [0.1, 0.15) is 0 Å². The van der Waals surface area contributed by atoms with Crippen LogP contribution in [0.5, 0.6) is 0 Å². The maximum absolute atomic E-state index is 2.99. The Hall–Kier alpha value is -1.66. The van der Waals surface area contributed by atoms with Crippen molar-refractivity contribution in [2.24, 2.45) is 0 Å². The molecule has 0 saturated carbocycles. The van der Waals surface area contributed by atoms with E-state index < -0.39 is 0 Å². The average Bonchev–Trinajstić information content (AvgIpc) is 3.49. The maximum Gasteiger partial charge on any atom is -0.109 e. The van der Waals surface area contributed by atoms with Crippen LogP contribution in [0.4, 0.5) is 0 Å². The Morgan fingerprint density at radius 1 is 0.784 bits per heavy atom. The molecule has 0 amide bonds. The molecule has 0 radical (unpaired) electrons. The fraction of sp³-hybridized carbons (Fsp3) is 0.294. The van der Waals surface area contributed by atoms with Crippen LogP contribution in [0.2, 0.25) is 0 Å². The topological polar surface area (TPSA) is 0 Å². The summed E-state index contributed by atoms with van der Waals surface area (Å²) in [7, 11) is 0. The van der Waals surface area contributed by atoms with Crippen LogP contribution in [0.1, 0.15) is 70.2 Å². The Labute approximate surface area is 251 Å². The molecule has 0 atom stereocenters. The Balaban J connectivity index is 0.000000354. The standard InChI is InChI=1S/C21H25.C8H8.C5H5.2ClH.Zr/c1-20(2,3)16-7-9-18-14(12-16)11-15-13-17(21(4,5)6)8-10-19(15)18;1-7-4-3-5-8(2)6-7;1-2-4-5-3-1;;;/h7-13H,1-6H3;1,3-6H,2H3;1-3H,4H2;2*1H;/q-1;;-1;;;+2/p-2. The first-order chi connectivity index (χ1) is 16.5. The van der Waals surface area contributed by atoms with Gasteiger partial charge in [-0.2, -0.15) is 6.08 Å². The molecule has 0 bridgehead atoms. The van der Waals surface area contributed by atoms with Crippen LogP contribution in [0.15, 0.2) is 85.0 Å². The largest absolute Gasteiger partial charge is 1.00 e. The molecule has 1 aliphatic rings. The monoisotopic (exact) mass is 606 g/mol. The molecule has 0 N–H and O–H groups in total. The van der Waals surface area contributed by atoms with Crippen molar-refractivity contribution in [1.29, 1.82) is 0 Å². The van der Waals surface area contributed by atoms with Gasteiger partial charge < -0.3 is 24.8 Å². The first-order valence-corrected chi connectivity index (χ1v) is 13.8. The number of hydrogen-bond acceptors (Lipinski definition) is 0. The third-order valence-corrected chi connectivity index (χ3v) is 7.05. The second-order valence-corrected chi connectivity index (χ2v) is 12.0. The number of hydrogen-bond donors (Lipinski definition) is 0. The van der Waals surface area contributed by atoms with Crippen molar-refractivity contribution in [3.8, 4) is 0 Å². The third-order valence-electron chi connectivity index (χ3n) is 6.23. The Bertz CT molecular complexity index is 1280. The van der Waals surface area contributed by atoms with Gasteiger partial charge in [0.05, 0.1) is 0 Å². The molecule has 0 fully saturated rings. The molecule has 0 aromatic heterocycles. The van der Waals surface area contributed by atoms with Crippen LogP contribution < -0.4 is 24.8 Å². The van der Waals surface area contributed by atoms with E-state index in [1.165, 1.54) is 68.0 Å². The van der Waals surface area contributed by atoms with Crippen LogP contribution in [0.3, 0.4) is 0 Å². The summed E-state index contributed by atoms with van der Waals surface area (Å²) in [5.41, 5.74) is 5.89. The first kappa shape index (κ1) is 33.4. The van der Waals surface area contributed by atoms with Gasteiger partial charge in [-0.05, 0) is 10.8 Å². The smallest absolute Gasteiger partial charge is 0.109 e. The van der Waals surface area contributed by atoms with Crippen LogP contribution in [-0.4, -0.2) is 3.71 Å². The zero-order valence-electron chi connectivity index (χ0n) is 23.1. The zero-order valence-corrected chi connectivity index (χ0v) is 27.1. The molecule has 5 rings (SSSR count). The second kappa shape index (κ2) is 14.5. The van der Waals surface area contributed by atoms with Gasteiger partial charge in [0.2, 0.25) is 0 Å². The van der Waals surface area contributed by atoms with Crippen LogP contribution in [0, 0.1) is 13.0 Å². The van der Waals surface area contributed by atoms with E-state index in [1.54, 1.807) is 0 Å². The first-order valence-electron chi connectivity index (χ1n) is 12.4. The molecule has 0 saturated heterocycles. The van der Waals surface area contributed by atoms with Gasteiger partial charge in [-0.3, -0.25) is 6.08 Å². The van der Waals surface area contributed by atoms with Gasteiger partial charge in [-0.1, -0.05) is 76.9 Å². The van der Waals surface area contributed by atoms with Crippen LogP contribution >= 0.6 is 0 Å². The van der Waals surface area contributed by atoms with E-state index in [2.05, 4.69) is 131 Å². The Morgan fingerprint density at radius 2 is 1.32 bits per heavy atom. The maximum atomic E-state index is 2.99. The Morgan fingerprint density at radius 3 is 1.65 bits per heavy atom. The molecule has 4 aromatic carbocycles. The molecule has 194 valence electrons. The molecule has 37 heavy (non-hydrogen) atoms. The van der Waals surface area contributed by atoms with Gasteiger partial charge in [0, 0.05) is 0 Å². The summed E-state index contributed by atoms with van der Waals surface area (Å²) in [6, 6.07) is 24.7. The molecular weight excluding hydrogens is 571 g/mol. The number of aryl methyl sites for hydroxylation is 1. The minimum Gasteiger partial charge on any atom is -1.00 e. The molecule has 0 heterocycles. The SMILES string of the molecule is CC(C)(C)c1ccc2c(c1)[cH-]c1cc(C(C)(C)C)ccc12.Cc1cccc([CH]=[Zr+2])c1.[C-]1=CC=CC1.[Cl-].[Cl-]. The summed E-state index contributed by atoms with van der Waals surface area (Å²) in [4.78, 5) is 0. The summed E-state index contributed by atoms with van der Waals surface area (Å²) < 4.78 is 2.19. The number of halogens is 2. The summed E-state index contributed by atoms with van der Waals surface area (Å²) in [5.74, 6) is 0. The van der Waals surface area contributed by atoms with Crippen molar-refractivity contribution in [2.45, 2.75) is 65.7 Å². The van der Waals surface area contributed by atoms with Crippen molar-refractivity contribution in [2.75, 3.05) is 0 Å². The van der Waals surface area contributed by atoms with Crippen molar-refractivity contribution in [3.05, 3.63) is 113 Å². The predicted molar refractivity (Wildman–Crippen MR) is 152 cm³/mol.